The molecule has 0 unspecified atom stereocenters. The van der Waals surface area contributed by atoms with Crippen LogP contribution in [0.15, 0.2) is 35.7 Å². The van der Waals surface area contributed by atoms with Crippen LogP contribution in [0.2, 0.25) is 0 Å². The summed E-state index contributed by atoms with van der Waals surface area (Å²) in [5, 5.41) is 2.62. The molecule has 1 aromatic rings. The topological polar surface area (TPSA) is 84.9 Å². The number of carbonyl (C=O) groups is 1. The predicted octanol–water partition coefficient (Wildman–Crippen LogP) is 0.632. The molecule has 1 fully saturated rings. The summed E-state index contributed by atoms with van der Waals surface area (Å²) in [4.78, 5) is 12.2. The molecular weight excluding hydrogens is 320 g/mol. The second-order valence-corrected chi connectivity index (χ2v) is 6.82. The molecule has 0 radical (unpaired) electrons. The summed E-state index contributed by atoms with van der Waals surface area (Å²) >= 11 is 0. The molecular formula is C15H20N2O5S. The van der Waals surface area contributed by atoms with Gasteiger partial charge in [-0.15, -0.1) is 6.58 Å². The zero-order valence-electron chi connectivity index (χ0n) is 12.9. The third kappa shape index (κ3) is 3.90. The Hall–Kier alpha value is -1.90. The van der Waals surface area contributed by atoms with Gasteiger partial charge in [0.05, 0.1) is 30.8 Å². The van der Waals surface area contributed by atoms with Crippen molar-refractivity contribution in [3.8, 4) is 5.75 Å². The maximum absolute atomic E-state index is 12.7. The van der Waals surface area contributed by atoms with Crippen LogP contribution < -0.4 is 10.1 Å². The monoisotopic (exact) mass is 340 g/mol. The van der Waals surface area contributed by atoms with E-state index in [9.17, 15) is 13.2 Å². The van der Waals surface area contributed by atoms with Gasteiger partial charge in [-0.05, 0) is 18.2 Å². The lowest BCUT2D eigenvalue weighted by atomic mass is 10.2. The second kappa shape index (κ2) is 7.58. The van der Waals surface area contributed by atoms with Gasteiger partial charge in [0, 0.05) is 19.6 Å². The molecule has 126 valence electrons. The summed E-state index contributed by atoms with van der Waals surface area (Å²) in [7, 11) is -2.24. The van der Waals surface area contributed by atoms with Gasteiger partial charge in [-0.2, -0.15) is 4.31 Å². The Balaban J connectivity index is 2.36. The van der Waals surface area contributed by atoms with Gasteiger partial charge >= 0.3 is 0 Å². The first-order valence-electron chi connectivity index (χ1n) is 7.15. The largest absolute Gasteiger partial charge is 0.496 e. The smallest absolute Gasteiger partial charge is 0.255 e. The van der Waals surface area contributed by atoms with Gasteiger partial charge in [0.1, 0.15) is 5.75 Å². The van der Waals surface area contributed by atoms with Crippen LogP contribution in [-0.2, 0) is 14.8 Å². The Morgan fingerprint density at radius 1 is 1.43 bits per heavy atom. The van der Waals surface area contributed by atoms with Crippen LogP contribution >= 0.6 is 0 Å². The first kappa shape index (κ1) is 17.5. The van der Waals surface area contributed by atoms with E-state index in [0.29, 0.717) is 32.1 Å². The number of hydrogen-bond donors (Lipinski definition) is 1. The molecule has 1 aliphatic rings. The van der Waals surface area contributed by atoms with Gasteiger partial charge in [-0.25, -0.2) is 8.42 Å². The summed E-state index contributed by atoms with van der Waals surface area (Å²) < 4.78 is 37.0. The first-order chi connectivity index (χ1) is 11.0. The van der Waals surface area contributed by atoms with Crippen molar-refractivity contribution in [3.63, 3.8) is 0 Å². The SMILES string of the molecule is C=CCNC(=O)c1cc(S(=O)(=O)N2CCOCC2)ccc1OC. The Bertz CT molecular complexity index is 681. The molecule has 1 heterocycles. The first-order valence-corrected chi connectivity index (χ1v) is 8.59. The van der Waals surface area contributed by atoms with Crippen molar-refractivity contribution in [2.24, 2.45) is 0 Å². The summed E-state index contributed by atoms with van der Waals surface area (Å²) in [5.74, 6) is -0.103. The van der Waals surface area contributed by atoms with Gasteiger partial charge in [-0.1, -0.05) is 6.08 Å². The van der Waals surface area contributed by atoms with Crippen LogP contribution in [0.5, 0.6) is 5.75 Å². The molecule has 7 nitrogen and oxygen atoms in total. The molecule has 1 aromatic carbocycles. The summed E-state index contributed by atoms with van der Waals surface area (Å²) in [6.07, 6.45) is 1.54. The van der Waals surface area contributed by atoms with Gasteiger partial charge in [0.25, 0.3) is 5.91 Å². The molecule has 0 aromatic heterocycles. The van der Waals surface area contributed by atoms with Crippen molar-refractivity contribution >= 4 is 15.9 Å². The molecule has 1 N–H and O–H groups in total. The van der Waals surface area contributed by atoms with Crippen LogP contribution in [0.3, 0.4) is 0 Å². The maximum Gasteiger partial charge on any atom is 0.255 e. The number of carbonyl (C=O) groups excluding carboxylic acids is 1. The molecule has 0 spiro atoms. The number of sulfonamides is 1. The van der Waals surface area contributed by atoms with Crippen molar-refractivity contribution in [1.82, 2.24) is 9.62 Å². The van der Waals surface area contributed by atoms with Crippen LogP contribution in [-0.4, -0.2) is 58.6 Å². The molecule has 0 aliphatic carbocycles. The van der Waals surface area contributed by atoms with Crippen molar-refractivity contribution in [1.29, 1.82) is 0 Å². The zero-order chi connectivity index (χ0) is 16.9. The van der Waals surface area contributed by atoms with Crippen molar-refractivity contribution in [2.75, 3.05) is 40.0 Å². The number of hydrogen-bond acceptors (Lipinski definition) is 5. The fourth-order valence-electron chi connectivity index (χ4n) is 2.22. The highest BCUT2D eigenvalue weighted by Crippen LogP contribution is 2.25. The fraction of sp³-hybridized carbons (Fsp3) is 0.400. The molecule has 1 aliphatic heterocycles. The maximum atomic E-state index is 12.7. The number of rotatable bonds is 6. The molecule has 2 rings (SSSR count). The van der Waals surface area contributed by atoms with Crippen LogP contribution in [0, 0.1) is 0 Å². The van der Waals surface area contributed by atoms with Gasteiger partial charge in [0.15, 0.2) is 0 Å². The normalized spacial score (nSPS) is 15.9. The number of nitrogens with zero attached hydrogens (tertiary/aromatic N) is 1. The average Bonchev–Trinajstić information content (AvgIpc) is 2.59. The van der Waals surface area contributed by atoms with Crippen LogP contribution in [0.4, 0.5) is 0 Å². The van der Waals surface area contributed by atoms with E-state index < -0.39 is 15.9 Å². The van der Waals surface area contributed by atoms with Crippen LogP contribution in [0.1, 0.15) is 10.4 Å². The van der Waals surface area contributed by atoms with E-state index in [1.807, 2.05) is 0 Å². The van der Waals surface area contributed by atoms with E-state index >= 15 is 0 Å². The van der Waals surface area contributed by atoms with Gasteiger partial charge in [-0.3, -0.25) is 4.79 Å². The van der Waals surface area contributed by atoms with Crippen LogP contribution in [0.25, 0.3) is 0 Å². The minimum Gasteiger partial charge on any atom is -0.496 e. The van der Waals surface area contributed by atoms with E-state index in [1.54, 1.807) is 6.08 Å². The van der Waals surface area contributed by atoms with Crippen molar-refractivity contribution in [2.45, 2.75) is 4.90 Å². The molecule has 0 atom stereocenters. The fourth-order valence-corrected chi connectivity index (χ4v) is 3.66. The average molecular weight is 340 g/mol. The number of morpholine rings is 1. The molecule has 0 bridgehead atoms. The zero-order valence-corrected chi connectivity index (χ0v) is 13.8. The number of methoxy groups -OCH3 is 1. The van der Waals surface area contributed by atoms with Crippen molar-refractivity contribution in [3.05, 3.63) is 36.4 Å². The second-order valence-electron chi connectivity index (χ2n) is 4.88. The summed E-state index contributed by atoms with van der Waals surface area (Å²) in [6, 6.07) is 4.26. The lowest BCUT2D eigenvalue weighted by molar-refractivity contribution is 0.0730. The molecule has 0 saturated carbocycles. The highest BCUT2D eigenvalue weighted by Gasteiger charge is 2.27. The standard InChI is InChI=1S/C15H20N2O5S/c1-3-6-16-15(18)13-11-12(4-5-14(13)21-2)23(19,20)17-7-9-22-10-8-17/h3-5,11H,1,6-10H2,2H3,(H,16,18). The minimum absolute atomic E-state index is 0.0592. The number of ether oxygens (including phenoxy) is 2. The lowest BCUT2D eigenvalue weighted by Crippen LogP contribution is -2.40. The molecule has 1 saturated heterocycles. The van der Waals surface area contributed by atoms with E-state index in [2.05, 4.69) is 11.9 Å². The van der Waals surface area contributed by atoms with E-state index in [1.165, 1.54) is 29.6 Å². The molecule has 23 heavy (non-hydrogen) atoms. The minimum atomic E-state index is -3.67. The summed E-state index contributed by atoms with van der Waals surface area (Å²) in [6.45, 7) is 5.13. The van der Waals surface area contributed by atoms with Gasteiger partial charge < -0.3 is 14.8 Å². The Labute approximate surface area is 135 Å². The Kier molecular flexibility index (Phi) is 5.75. The van der Waals surface area contributed by atoms with Crippen molar-refractivity contribution < 1.29 is 22.7 Å². The molecule has 1 amide bonds. The lowest BCUT2D eigenvalue weighted by Gasteiger charge is -2.26. The van der Waals surface area contributed by atoms with E-state index in [4.69, 9.17) is 9.47 Å². The highest BCUT2D eigenvalue weighted by atomic mass is 32.2. The van der Waals surface area contributed by atoms with E-state index in [0.717, 1.165) is 0 Å². The molecule has 8 heteroatoms. The number of benzene rings is 1. The number of nitrogens with one attached hydrogen (secondary N) is 1. The third-order valence-electron chi connectivity index (χ3n) is 3.43. The predicted molar refractivity (Wildman–Crippen MR) is 85.1 cm³/mol. The van der Waals surface area contributed by atoms with Gasteiger partial charge in [0.2, 0.25) is 10.0 Å². The quantitative estimate of drug-likeness (QED) is 0.768. The summed E-state index contributed by atoms with van der Waals surface area (Å²) in [5.41, 5.74) is 0.170. The van der Waals surface area contributed by atoms with E-state index in [-0.39, 0.29) is 17.0 Å². The Morgan fingerprint density at radius 2 is 2.13 bits per heavy atom. The highest BCUT2D eigenvalue weighted by molar-refractivity contribution is 7.89. The third-order valence-corrected chi connectivity index (χ3v) is 5.32. The number of amides is 1. The Morgan fingerprint density at radius 3 is 2.74 bits per heavy atom.